The zero-order chi connectivity index (χ0) is 127. The van der Waals surface area contributed by atoms with Gasteiger partial charge >= 0.3 is 23.9 Å². The third kappa shape index (κ3) is 23.8. The number of rotatable bonds is 28. The zero-order valence-electron chi connectivity index (χ0n) is 117. The molecule has 8 N–H and O–H groups in total. The van der Waals surface area contributed by atoms with Crippen LogP contribution in [0, 0.1) is 70.9 Å². The fourth-order valence-corrected chi connectivity index (χ4v) is 17.5. The number of methoxy groups -OCH3 is 8. The molecule has 0 saturated carbocycles. The van der Waals surface area contributed by atoms with Crippen LogP contribution in [0.3, 0.4) is 0 Å². The van der Waals surface area contributed by atoms with E-state index in [-0.39, 0.29) is 149 Å². The predicted molar refractivity (Wildman–Crippen MR) is 471 cm³/mol. The molecule has 0 radical (unpaired) electrons. The Morgan fingerprint density at radius 3 is 0.983 bits per heavy atom. The van der Waals surface area contributed by atoms with E-state index in [0.717, 1.165) is 0 Å². The molecule has 4 saturated heterocycles. The Hall–Kier alpha value is -7.16. The van der Waals surface area contributed by atoms with Crippen LogP contribution in [0.5, 0.6) is 46.0 Å². The molecule has 12 unspecified atom stereocenters. The number of carbonyl (C=O) groups excluding carboxylic acids is 4. The van der Waals surface area contributed by atoms with Crippen molar-refractivity contribution < 1.29 is 139 Å². The summed E-state index contributed by atoms with van der Waals surface area (Å²) < 4.78 is 432. The summed E-state index contributed by atoms with van der Waals surface area (Å²) in [6.07, 6.45) is -1.73. The van der Waals surface area contributed by atoms with Crippen molar-refractivity contribution >= 4 is 23.9 Å². The quantitative estimate of drug-likeness (QED) is 0.0303. The number of nitrogens with zero attached hydrogens (tertiary/aromatic N) is 4. The van der Waals surface area contributed by atoms with E-state index in [1.165, 1.54) is 54.8 Å². The summed E-state index contributed by atoms with van der Waals surface area (Å²) in [7, 11) is 2.38. The average molecular weight is 1720 g/mol. The Bertz CT molecular complexity index is 5880. The van der Waals surface area contributed by atoms with Crippen LogP contribution in [-0.4, -0.2) is 201 Å². The second kappa shape index (κ2) is 43.9. The van der Waals surface area contributed by atoms with Crippen LogP contribution < -0.4 is 60.8 Å². The summed E-state index contributed by atoms with van der Waals surface area (Å²) >= 11 is 0. The summed E-state index contributed by atoms with van der Waals surface area (Å²) in [5.41, 5.74) is 26.9. The molecule has 120 heavy (non-hydrogen) atoms. The van der Waals surface area contributed by atoms with E-state index in [9.17, 15) is 21.9 Å². The second-order valence-corrected chi connectivity index (χ2v) is 32.9. The molecule has 0 aliphatic carbocycles. The third-order valence-corrected chi connectivity index (χ3v) is 23.0. The standard InChI is InChI=1S/4C24H38N2O4/c4*1-14(2)9-17-13-26-8-7-16-10-21(28-5)22(29-6)11-18(16)19(26)12-20(17)30-24(27)23(25)15(3)4/h4*10-11,14-15,17,19-20,23H,7-9,12-13,25H2,1-6H3/t4*17?,19?,20?,23-/m0000/s1/i3D3,4D3,5D3,15D,19D,20D,23D;3D3,4D3,5D3,10D,11D,15D,23D;2*3D3,4D3,10D,11D,15D,23D. The van der Waals surface area contributed by atoms with Gasteiger partial charge in [-0.25, -0.2) is 0 Å². The molecule has 16 atom stereocenters. The number of nitrogens with two attached hydrogens (primary N) is 4. The molecule has 8 aliphatic heterocycles. The first-order valence-electron chi connectivity index (χ1n) is 63.4. The number of piperidine rings is 4. The van der Waals surface area contributed by atoms with Crippen molar-refractivity contribution in [2.45, 2.75) is 260 Å². The normalized spacial score (nSPS) is 34.2. The highest BCUT2D eigenvalue weighted by molar-refractivity contribution is 5.77. The summed E-state index contributed by atoms with van der Waals surface area (Å²) in [6.45, 7) is -10.4. The zero-order valence-corrected chi connectivity index (χ0v) is 71.0. The molecule has 8 heterocycles. The maximum absolute atomic E-state index is 13.5. The van der Waals surface area contributed by atoms with E-state index >= 15 is 0 Å². The molecule has 8 aliphatic rings. The van der Waals surface area contributed by atoms with E-state index in [2.05, 4.69) is 9.80 Å². The van der Waals surface area contributed by atoms with Gasteiger partial charge in [0.15, 0.2) is 46.0 Å². The lowest BCUT2D eigenvalue weighted by Crippen LogP contribution is -2.51. The van der Waals surface area contributed by atoms with Crippen molar-refractivity contribution in [3.8, 4) is 46.0 Å². The molecule has 24 heteroatoms. The molecule has 4 fully saturated rings. The van der Waals surface area contributed by atoms with Crippen molar-refractivity contribution in [2.24, 2.45) is 93.9 Å². The molecule has 4 aromatic carbocycles. The lowest BCUT2D eigenvalue weighted by molar-refractivity contribution is -0.161. The van der Waals surface area contributed by atoms with E-state index in [1.54, 1.807) is 4.90 Å². The maximum atomic E-state index is 13.5. The van der Waals surface area contributed by atoms with Gasteiger partial charge in [0.25, 0.3) is 0 Å². The number of carbonyl (C=O) groups is 4. The molecule has 0 spiro atoms. The van der Waals surface area contributed by atoms with E-state index in [0.29, 0.717) is 142 Å². The molecule has 672 valence electrons. The highest BCUT2D eigenvalue weighted by Crippen LogP contribution is 2.50. The summed E-state index contributed by atoms with van der Waals surface area (Å²) in [5, 5.41) is 0. The molecule has 0 aromatic heterocycles. The number of hydrogen-bond acceptors (Lipinski definition) is 24. The van der Waals surface area contributed by atoms with Crippen LogP contribution in [0.15, 0.2) is 48.4 Å². The highest BCUT2D eigenvalue weighted by atomic mass is 16.6. The van der Waals surface area contributed by atoms with Crippen molar-refractivity contribution in [3.63, 3.8) is 0 Å². The van der Waals surface area contributed by atoms with E-state index in [4.69, 9.17) is 140 Å². The van der Waals surface area contributed by atoms with E-state index in [1.807, 2.05) is 60.3 Å². The first-order chi connectivity index (χ1) is 75.1. The van der Waals surface area contributed by atoms with Gasteiger partial charge in [0.1, 0.15) is 48.5 Å². The molecule has 4 aromatic rings. The fraction of sp³-hybridized carbons (Fsp3) is 0.708. The van der Waals surface area contributed by atoms with Gasteiger partial charge in [0.05, 0.1) is 81.4 Å². The lowest BCUT2D eigenvalue weighted by Gasteiger charge is -2.47. The Morgan fingerprint density at radius 1 is 0.375 bits per heavy atom. The summed E-state index contributed by atoms with van der Waals surface area (Å²) in [6, 6.07) is -14.7. The van der Waals surface area contributed by atoms with Gasteiger partial charge < -0.3 is 79.8 Å². The van der Waals surface area contributed by atoms with Crippen LogP contribution in [0.1, 0.15) is 293 Å². The van der Waals surface area contributed by atoms with Crippen molar-refractivity contribution in [1.82, 2.24) is 19.6 Å². The summed E-state index contributed by atoms with van der Waals surface area (Å²) in [4.78, 5) is 61.6. The Labute approximate surface area is 783 Å². The predicted octanol–water partition coefficient (Wildman–Crippen LogP) is 14.3. The minimum absolute atomic E-state index is 0.00664. The van der Waals surface area contributed by atoms with Gasteiger partial charge in [-0.15, -0.1) is 0 Å². The van der Waals surface area contributed by atoms with Gasteiger partial charge in [-0.3, -0.25) is 38.8 Å². The third-order valence-electron chi connectivity index (χ3n) is 23.0. The minimum atomic E-state index is -3.81. The number of fused-ring (bicyclic) bond motifs is 12. The highest BCUT2D eigenvalue weighted by Gasteiger charge is 2.47. The molecule has 24 nitrogen and oxygen atoms in total. The van der Waals surface area contributed by atoms with Crippen LogP contribution in [-0.2, 0) is 63.8 Å². The number of ether oxygens (including phenoxy) is 12. The Kier molecular flexibility index (Phi) is 18.6. The number of hydrogen-bond donors (Lipinski definition) is 4. The average Bonchev–Trinajstić information content (AvgIpc) is 0.722. The van der Waals surface area contributed by atoms with Crippen molar-refractivity contribution in [2.75, 3.05) is 109 Å². The van der Waals surface area contributed by atoms with Gasteiger partial charge in [-0.05, 0) is 192 Å². The van der Waals surface area contributed by atoms with Gasteiger partial charge in [-0.2, -0.15) is 0 Å². The molecular weight excluding hydrogens is 1520 g/mol. The molecular formula is C96H152N8O16. The number of benzene rings is 4. The van der Waals surface area contributed by atoms with Gasteiger partial charge in [0, 0.05) is 164 Å². The second-order valence-electron chi connectivity index (χ2n) is 32.9. The van der Waals surface area contributed by atoms with Crippen LogP contribution >= 0.6 is 0 Å². The van der Waals surface area contributed by atoms with Gasteiger partial charge in [0.2, 0.25) is 0 Å². The maximum Gasteiger partial charge on any atom is 0.323 e. The largest absolute Gasteiger partial charge is 0.493 e. The minimum Gasteiger partial charge on any atom is -0.493 e. The first-order valence-corrected chi connectivity index (χ1v) is 40.4. The van der Waals surface area contributed by atoms with E-state index < -0.39 is 201 Å². The van der Waals surface area contributed by atoms with Crippen LogP contribution in [0.2, 0.25) is 0 Å². The fourth-order valence-electron chi connectivity index (χ4n) is 17.5. The van der Waals surface area contributed by atoms with Crippen molar-refractivity contribution in [3.05, 3.63) is 92.9 Å². The van der Waals surface area contributed by atoms with Crippen LogP contribution in [0.4, 0.5) is 0 Å². The lowest BCUT2D eigenvalue weighted by atomic mass is 9.79. The summed E-state index contributed by atoms with van der Waals surface area (Å²) in [5.74, 6) is -23.0. The Balaban J connectivity index is 0.000000243. The molecule has 0 bridgehead atoms. The SMILES string of the molecule is [2H]C([2H])([2H])Oc1cc2c(cc1OC)C1([2H])CC([2H])(OC(=O)[C@@]([2H])(N)C([2H])(C([2H])([2H])[2H])C([2H])([2H])[2H])C(CC(C)C)CN1CC2.[2H]c1c2c(c([2H])c(OC)c1OC([2H])([2H])[2H])C1CC(OC(=O)[C@@]([2H])(N)C([2H])(C([2H])([2H])[2H])C([2H])([2H])[2H])C(CC(C)C)CN1CC2.[2H]c1c2c(c([2H])c(OC)c1OC)C1CC(OC(=O)[C@@]([2H])(N)C([2H])(C([2H])([2H])[2H])C([2H])([2H])[2H])C(CC(C)C)CN1CC2.[2H]c1c2c(c([2H])c(OC)c1OC)C1CC(OC(=O)[C@@]([2H])(N)C([2H])(C([2H])([2H])[2H])C([2H])([2H])[2H])C(CC(C)C)CN1CC2. The monoisotopic (exact) mass is 1720 g/mol. The smallest absolute Gasteiger partial charge is 0.323 e. The number of esters is 4. The Morgan fingerprint density at radius 2 is 0.658 bits per heavy atom. The van der Waals surface area contributed by atoms with Crippen molar-refractivity contribution in [1.29, 1.82) is 0 Å². The first kappa shape index (κ1) is 50.7. The van der Waals surface area contributed by atoms with Crippen LogP contribution in [0.25, 0.3) is 0 Å². The molecule has 0 amide bonds. The van der Waals surface area contributed by atoms with Gasteiger partial charge in [-0.1, -0.05) is 110 Å². The molecule has 12 rings (SSSR count). The topological polar surface area (TPSA) is 296 Å².